The fraction of sp³-hybridized carbons (Fsp3) is 0.529. The molecule has 0 atom stereocenters. The summed E-state index contributed by atoms with van der Waals surface area (Å²) >= 11 is 0. The predicted octanol–water partition coefficient (Wildman–Crippen LogP) is 2.82. The highest BCUT2D eigenvalue weighted by molar-refractivity contribution is 6.10. The van der Waals surface area contributed by atoms with Crippen molar-refractivity contribution in [3.63, 3.8) is 0 Å². The summed E-state index contributed by atoms with van der Waals surface area (Å²) in [7, 11) is 1.54. The van der Waals surface area contributed by atoms with E-state index in [-0.39, 0.29) is 11.8 Å². The van der Waals surface area contributed by atoms with Crippen molar-refractivity contribution in [3.8, 4) is 5.75 Å². The number of ether oxygens (including phenoxy) is 1. The van der Waals surface area contributed by atoms with Gasteiger partial charge in [0.05, 0.1) is 12.8 Å². The second kappa shape index (κ2) is 7.82. The summed E-state index contributed by atoms with van der Waals surface area (Å²) in [5.74, 6) is 0.428. The first-order valence-corrected chi connectivity index (χ1v) is 7.51. The van der Waals surface area contributed by atoms with Crippen molar-refractivity contribution in [1.82, 2.24) is 5.32 Å². The van der Waals surface area contributed by atoms with Crippen LogP contribution in [0.5, 0.6) is 5.75 Å². The number of benzene rings is 1. The summed E-state index contributed by atoms with van der Waals surface area (Å²) in [6, 6.07) is 7.11. The van der Waals surface area contributed by atoms with Gasteiger partial charge >= 0.3 is 0 Å². The van der Waals surface area contributed by atoms with E-state index in [1.54, 1.807) is 32.0 Å². The number of nitrogens with one attached hydrogen (secondary N) is 2. The average Bonchev–Trinajstić information content (AvgIpc) is 2.47. The van der Waals surface area contributed by atoms with Crippen LogP contribution in [-0.2, 0) is 9.59 Å². The summed E-state index contributed by atoms with van der Waals surface area (Å²) < 4.78 is 5.20. The monoisotopic (exact) mass is 306 g/mol. The molecular formula is C17H26N2O3. The van der Waals surface area contributed by atoms with E-state index in [0.717, 1.165) is 6.42 Å². The zero-order valence-electron chi connectivity index (χ0n) is 14.0. The normalized spacial score (nSPS) is 11.2. The second-order valence-corrected chi connectivity index (χ2v) is 6.22. The molecule has 0 aliphatic heterocycles. The van der Waals surface area contributed by atoms with Gasteiger partial charge < -0.3 is 15.4 Å². The van der Waals surface area contributed by atoms with E-state index in [9.17, 15) is 9.59 Å². The summed E-state index contributed by atoms with van der Waals surface area (Å²) in [5.41, 5.74) is -0.601. The standard InChI is InChI=1S/C17H26N2O3/c1-12(2)10-11-18-15(20)17(3,4)16(21)19-13-8-6-7-9-14(13)22-5/h6-9,12H,10-11H2,1-5H3,(H,18,20)(H,19,21). The smallest absolute Gasteiger partial charge is 0.239 e. The number of hydrogen-bond donors (Lipinski definition) is 2. The number of carbonyl (C=O) groups is 2. The lowest BCUT2D eigenvalue weighted by molar-refractivity contribution is -0.138. The highest BCUT2D eigenvalue weighted by atomic mass is 16.5. The van der Waals surface area contributed by atoms with Gasteiger partial charge in [-0.1, -0.05) is 26.0 Å². The van der Waals surface area contributed by atoms with E-state index in [2.05, 4.69) is 24.5 Å². The number of anilines is 1. The first kappa shape index (κ1) is 18.0. The van der Waals surface area contributed by atoms with Crippen LogP contribution in [0.1, 0.15) is 34.1 Å². The van der Waals surface area contributed by atoms with Crippen molar-refractivity contribution in [2.45, 2.75) is 34.1 Å². The van der Waals surface area contributed by atoms with Crippen LogP contribution in [-0.4, -0.2) is 25.5 Å². The molecule has 5 nitrogen and oxygen atoms in total. The molecule has 22 heavy (non-hydrogen) atoms. The maximum atomic E-state index is 12.4. The van der Waals surface area contributed by atoms with Crippen molar-refractivity contribution in [1.29, 1.82) is 0 Å². The molecule has 2 N–H and O–H groups in total. The molecule has 0 fully saturated rings. The molecule has 0 aliphatic rings. The van der Waals surface area contributed by atoms with E-state index in [1.165, 1.54) is 7.11 Å². The fourth-order valence-corrected chi connectivity index (χ4v) is 1.82. The Morgan fingerprint density at radius 3 is 2.41 bits per heavy atom. The molecule has 1 rings (SSSR count). The molecule has 0 aromatic heterocycles. The molecule has 1 aromatic rings. The molecule has 2 amide bonds. The Kier molecular flexibility index (Phi) is 6.40. The van der Waals surface area contributed by atoms with Crippen LogP contribution >= 0.6 is 0 Å². The van der Waals surface area contributed by atoms with Gasteiger partial charge in [0.2, 0.25) is 11.8 Å². The third-order valence-electron chi connectivity index (χ3n) is 3.50. The lowest BCUT2D eigenvalue weighted by Gasteiger charge is -2.23. The number of para-hydroxylation sites is 2. The van der Waals surface area contributed by atoms with Gasteiger partial charge in [-0.2, -0.15) is 0 Å². The van der Waals surface area contributed by atoms with E-state index in [4.69, 9.17) is 4.74 Å². The average molecular weight is 306 g/mol. The van der Waals surface area contributed by atoms with Gasteiger partial charge in [0, 0.05) is 6.54 Å². The molecule has 5 heteroatoms. The molecule has 1 aromatic carbocycles. The third kappa shape index (κ3) is 4.76. The number of amides is 2. The van der Waals surface area contributed by atoms with Crippen LogP contribution in [0.4, 0.5) is 5.69 Å². The van der Waals surface area contributed by atoms with Crippen molar-refractivity contribution in [2.24, 2.45) is 11.3 Å². The van der Waals surface area contributed by atoms with Gasteiger partial charge in [0.25, 0.3) is 0 Å². The van der Waals surface area contributed by atoms with Crippen molar-refractivity contribution in [2.75, 3.05) is 19.0 Å². The van der Waals surface area contributed by atoms with Crippen molar-refractivity contribution < 1.29 is 14.3 Å². The Morgan fingerprint density at radius 1 is 1.18 bits per heavy atom. The lowest BCUT2D eigenvalue weighted by atomic mass is 9.90. The molecule has 0 aliphatic carbocycles. The van der Waals surface area contributed by atoms with E-state index < -0.39 is 5.41 Å². The Bertz CT molecular complexity index is 524. The molecule has 0 unspecified atom stereocenters. The quantitative estimate of drug-likeness (QED) is 0.761. The summed E-state index contributed by atoms with van der Waals surface area (Å²) in [5, 5.41) is 5.58. The maximum absolute atomic E-state index is 12.4. The van der Waals surface area contributed by atoms with Crippen LogP contribution in [0, 0.1) is 11.3 Å². The molecule has 0 heterocycles. The Hall–Kier alpha value is -2.04. The van der Waals surface area contributed by atoms with E-state index in [1.807, 2.05) is 6.07 Å². The number of carbonyl (C=O) groups excluding carboxylic acids is 2. The zero-order chi connectivity index (χ0) is 16.8. The van der Waals surface area contributed by atoms with Crippen molar-refractivity contribution in [3.05, 3.63) is 24.3 Å². The van der Waals surface area contributed by atoms with Crippen molar-refractivity contribution >= 4 is 17.5 Å². The van der Waals surface area contributed by atoms with Gasteiger partial charge in [0.15, 0.2) is 0 Å². The molecular weight excluding hydrogens is 280 g/mol. The summed E-state index contributed by atoms with van der Waals surface area (Å²) in [6.07, 6.45) is 0.885. The Labute approximate surface area is 132 Å². The molecule has 122 valence electrons. The van der Waals surface area contributed by atoms with Gasteiger partial charge in [-0.05, 0) is 38.3 Å². The zero-order valence-corrected chi connectivity index (χ0v) is 14.0. The van der Waals surface area contributed by atoms with Crippen LogP contribution in [0.3, 0.4) is 0 Å². The van der Waals surface area contributed by atoms with Crippen LogP contribution in [0.25, 0.3) is 0 Å². The van der Waals surface area contributed by atoms with E-state index >= 15 is 0 Å². The van der Waals surface area contributed by atoms with Crippen LogP contribution in [0.2, 0.25) is 0 Å². The minimum Gasteiger partial charge on any atom is -0.495 e. The minimum atomic E-state index is -1.15. The SMILES string of the molecule is COc1ccccc1NC(=O)C(C)(C)C(=O)NCCC(C)C. The Morgan fingerprint density at radius 2 is 1.82 bits per heavy atom. The molecule has 0 spiro atoms. The summed E-state index contributed by atoms with van der Waals surface area (Å²) in [6.45, 7) is 7.98. The Balaban J connectivity index is 2.71. The first-order valence-electron chi connectivity index (χ1n) is 7.51. The fourth-order valence-electron chi connectivity index (χ4n) is 1.82. The first-order chi connectivity index (χ1) is 10.3. The minimum absolute atomic E-state index is 0.277. The van der Waals surface area contributed by atoms with Gasteiger partial charge in [-0.25, -0.2) is 0 Å². The summed E-state index contributed by atoms with van der Waals surface area (Å²) in [4.78, 5) is 24.6. The lowest BCUT2D eigenvalue weighted by Crippen LogP contribution is -2.45. The predicted molar refractivity (Wildman–Crippen MR) is 87.9 cm³/mol. The van der Waals surface area contributed by atoms with Gasteiger partial charge in [-0.3, -0.25) is 9.59 Å². The third-order valence-corrected chi connectivity index (χ3v) is 3.50. The van der Waals surface area contributed by atoms with Gasteiger partial charge in [0.1, 0.15) is 11.2 Å². The highest BCUT2D eigenvalue weighted by Gasteiger charge is 2.36. The molecule has 0 bridgehead atoms. The number of methoxy groups -OCH3 is 1. The largest absolute Gasteiger partial charge is 0.495 e. The van der Waals surface area contributed by atoms with Crippen LogP contribution in [0.15, 0.2) is 24.3 Å². The number of hydrogen-bond acceptors (Lipinski definition) is 3. The van der Waals surface area contributed by atoms with E-state index in [0.29, 0.717) is 23.9 Å². The second-order valence-electron chi connectivity index (χ2n) is 6.22. The molecule has 0 saturated heterocycles. The molecule has 0 radical (unpaired) electrons. The van der Waals surface area contributed by atoms with Crippen LogP contribution < -0.4 is 15.4 Å². The topological polar surface area (TPSA) is 67.4 Å². The van der Waals surface area contributed by atoms with Gasteiger partial charge in [-0.15, -0.1) is 0 Å². The highest BCUT2D eigenvalue weighted by Crippen LogP contribution is 2.26. The molecule has 0 saturated carbocycles. The maximum Gasteiger partial charge on any atom is 0.239 e. The number of rotatable bonds is 7.